The molecule has 1 heteroatoms. The molecule has 84 valence electrons. The maximum absolute atomic E-state index is 6.42. The van der Waals surface area contributed by atoms with Crippen molar-refractivity contribution >= 4 is 11.6 Å². The van der Waals surface area contributed by atoms with Crippen LogP contribution >= 0.6 is 11.6 Å². The van der Waals surface area contributed by atoms with Crippen molar-refractivity contribution in [1.82, 2.24) is 0 Å². The Labute approximate surface area is 98.7 Å². The van der Waals surface area contributed by atoms with E-state index in [0.717, 1.165) is 25.7 Å². The van der Waals surface area contributed by atoms with Gasteiger partial charge in [0.2, 0.25) is 0 Å². The summed E-state index contributed by atoms with van der Waals surface area (Å²) in [6, 6.07) is 6.74. The molecular weight excluding hydrogens is 204 g/mol. The molecule has 1 aromatic carbocycles. The Kier molecular flexibility index (Phi) is 5.17. The number of benzene rings is 1. The molecule has 0 aliphatic carbocycles. The van der Waals surface area contributed by atoms with Gasteiger partial charge in [0.25, 0.3) is 0 Å². The average molecular weight is 225 g/mol. The van der Waals surface area contributed by atoms with E-state index in [1.54, 1.807) is 0 Å². The van der Waals surface area contributed by atoms with Gasteiger partial charge in [0, 0.05) is 0 Å². The summed E-state index contributed by atoms with van der Waals surface area (Å²) < 4.78 is 0. The third-order valence-electron chi connectivity index (χ3n) is 2.88. The SMILES string of the molecule is CCCC(Cl)c1cc(CC)ccc1CC. The van der Waals surface area contributed by atoms with Gasteiger partial charge in [-0.25, -0.2) is 0 Å². The Hall–Kier alpha value is -0.490. The van der Waals surface area contributed by atoms with Gasteiger partial charge in [0.1, 0.15) is 0 Å². The molecule has 0 bridgehead atoms. The number of aryl methyl sites for hydroxylation is 2. The van der Waals surface area contributed by atoms with E-state index in [2.05, 4.69) is 39.0 Å². The largest absolute Gasteiger partial charge is 0.118 e. The van der Waals surface area contributed by atoms with Crippen LogP contribution in [0.1, 0.15) is 55.7 Å². The van der Waals surface area contributed by atoms with Crippen molar-refractivity contribution in [3.63, 3.8) is 0 Å². The average Bonchev–Trinajstić information content (AvgIpc) is 2.28. The fraction of sp³-hybridized carbons (Fsp3) is 0.571. The first-order chi connectivity index (χ1) is 7.22. The Morgan fingerprint density at radius 3 is 2.40 bits per heavy atom. The minimum atomic E-state index is 0.191. The summed E-state index contributed by atoms with van der Waals surface area (Å²) in [5.74, 6) is 0. The molecule has 1 unspecified atom stereocenters. The van der Waals surface area contributed by atoms with Crippen molar-refractivity contribution in [1.29, 1.82) is 0 Å². The van der Waals surface area contributed by atoms with E-state index < -0.39 is 0 Å². The van der Waals surface area contributed by atoms with Crippen LogP contribution in [0.4, 0.5) is 0 Å². The van der Waals surface area contributed by atoms with Gasteiger partial charge in [-0.15, -0.1) is 11.6 Å². The lowest BCUT2D eigenvalue weighted by atomic mass is 9.96. The zero-order chi connectivity index (χ0) is 11.3. The first-order valence-corrected chi connectivity index (χ1v) is 6.42. The minimum absolute atomic E-state index is 0.191. The Bertz CT molecular complexity index is 304. The second-order valence-corrected chi connectivity index (χ2v) is 4.52. The van der Waals surface area contributed by atoms with E-state index in [1.165, 1.54) is 16.7 Å². The van der Waals surface area contributed by atoms with E-state index in [0.29, 0.717) is 0 Å². The second kappa shape index (κ2) is 6.17. The van der Waals surface area contributed by atoms with E-state index >= 15 is 0 Å². The summed E-state index contributed by atoms with van der Waals surface area (Å²) in [6.45, 7) is 6.57. The smallest absolute Gasteiger partial charge is 0.0587 e. The molecule has 0 saturated carbocycles. The summed E-state index contributed by atoms with van der Waals surface area (Å²) in [4.78, 5) is 0. The molecule has 0 N–H and O–H groups in total. The van der Waals surface area contributed by atoms with E-state index in [9.17, 15) is 0 Å². The lowest BCUT2D eigenvalue weighted by Crippen LogP contribution is -1.98. The van der Waals surface area contributed by atoms with Crippen LogP contribution < -0.4 is 0 Å². The number of halogens is 1. The molecule has 0 amide bonds. The first-order valence-electron chi connectivity index (χ1n) is 5.98. The number of alkyl halides is 1. The maximum atomic E-state index is 6.42. The predicted molar refractivity (Wildman–Crippen MR) is 68.7 cm³/mol. The van der Waals surface area contributed by atoms with Gasteiger partial charge < -0.3 is 0 Å². The number of hydrogen-bond acceptors (Lipinski definition) is 0. The van der Waals surface area contributed by atoms with E-state index in [-0.39, 0.29) is 5.38 Å². The molecule has 0 spiro atoms. The Morgan fingerprint density at radius 1 is 1.13 bits per heavy atom. The number of hydrogen-bond donors (Lipinski definition) is 0. The van der Waals surface area contributed by atoms with Gasteiger partial charge in [0.05, 0.1) is 5.38 Å². The highest BCUT2D eigenvalue weighted by atomic mass is 35.5. The van der Waals surface area contributed by atoms with Crippen molar-refractivity contribution in [2.75, 3.05) is 0 Å². The normalized spacial score (nSPS) is 12.8. The third-order valence-corrected chi connectivity index (χ3v) is 3.33. The quantitative estimate of drug-likeness (QED) is 0.625. The summed E-state index contributed by atoms with van der Waals surface area (Å²) in [5, 5.41) is 0.191. The van der Waals surface area contributed by atoms with E-state index in [4.69, 9.17) is 11.6 Å². The fourth-order valence-corrected chi connectivity index (χ4v) is 2.31. The maximum Gasteiger partial charge on any atom is 0.0587 e. The van der Waals surface area contributed by atoms with Crippen LogP contribution in [0.3, 0.4) is 0 Å². The lowest BCUT2D eigenvalue weighted by Gasteiger charge is -2.14. The van der Waals surface area contributed by atoms with Crippen molar-refractivity contribution < 1.29 is 0 Å². The zero-order valence-electron chi connectivity index (χ0n) is 10.0. The van der Waals surface area contributed by atoms with Crippen molar-refractivity contribution in [3.05, 3.63) is 34.9 Å². The van der Waals surface area contributed by atoms with Crippen LogP contribution in [0.2, 0.25) is 0 Å². The summed E-state index contributed by atoms with van der Waals surface area (Å²) in [7, 11) is 0. The molecular formula is C14H21Cl. The Balaban J connectivity index is 3.00. The summed E-state index contributed by atoms with van der Waals surface area (Å²) in [6.07, 6.45) is 4.38. The molecule has 0 fully saturated rings. The van der Waals surface area contributed by atoms with Crippen LogP contribution in [0.5, 0.6) is 0 Å². The standard InChI is InChI=1S/C14H21Cl/c1-4-7-14(15)13-10-11(5-2)8-9-12(13)6-3/h8-10,14H,4-7H2,1-3H3. The van der Waals surface area contributed by atoms with Crippen molar-refractivity contribution in [2.24, 2.45) is 0 Å². The van der Waals surface area contributed by atoms with Gasteiger partial charge in [-0.05, 0) is 36.0 Å². The highest BCUT2D eigenvalue weighted by molar-refractivity contribution is 6.20. The molecule has 0 nitrogen and oxygen atoms in total. The van der Waals surface area contributed by atoms with Gasteiger partial charge in [0.15, 0.2) is 0 Å². The topological polar surface area (TPSA) is 0 Å². The Morgan fingerprint density at radius 2 is 1.87 bits per heavy atom. The van der Waals surface area contributed by atoms with E-state index in [1.807, 2.05) is 0 Å². The van der Waals surface area contributed by atoms with Crippen LogP contribution in [-0.2, 0) is 12.8 Å². The summed E-state index contributed by atoms with van der Waals surface area (Å²) >= 11 is 6.42. The first kappa shape index (κ1) is 12.6. The number of rotatable bonds is 5. The van der Waals surface area contributed by atoms with Gasteiger partial charge in [-0.1, -0.05) is 45.4 Å². The third kappa shape index (κ3) is 3.24. The highest BCUT2D eigenvalue weighted by Crippen LogP contribution is 2.29. The van der Waals surface area contributed by atoms with Crippen LogP contribution in [0.25, 0.3) is 0 Å². The molecule has 0 aliphatic heterocycles. The molecule has 0 saturated heterocycles. The minimum Gasteiger partial charge on any atom is -0.118 e. The van der Waals surface area contributed by atoms with Gasteiger partial charge in [-0.3, -0.25) is 0 Å². The molecule has 0 aliphatic rings. The molecule has 0 aromatic heterocycles. The molecule has 0 radical (unpaired) electrons. The lowest BCUT2D eigenvalue weighted by molar-refractivity contribution is 0.761. The predicted octanol–water partition coefficient (Wildman–Crippen LogP) is 4.89. The molecule has 0 heterocycles. The monoisotopic (exact) mass is 224 g/mol. The molecule has 1 atom stereocenters. The highest BCUT2D eigenvalue weighted by Gasteiger charge is 2.11. The van der Waals surface area contributed by atoms with Gasteiger partial charge >= 0.3 is 0 Å². The fourth-order valence-electron chi connectivity index (χ4n) is 1.89. The zero-order valence-corrected chi connectivity index (χ0v) is 10.8. The molecule has 1 rings (SSSR count). The van der Waals surface area contributed by atoms with Crippen LogP contribution in [-0.4, -0.2) is 0 Å². The van der Waals surface area contributed by atoms with Crippen LogP contribution in [0.15, 0.2) is 18.2 Å². The molecule has 15 heavy (non-hydrogen) atoms. The van der Waals surface area contributed by atoms with Gasteiger partial charge in [-0.2, -0.15) is 0 Å². The van der Waals surface area contributed by atoms with Crippen molar-refractivity contribution in [3.8, 4) is 0 Å². The summed E-state index contributed by atoms with van der Waals surface area (Å²) in [5.41, 5.74) is 4.14. The van der Waals surface area contributed by atoms with Crippen molar-refractivity contribution in [2.45, 2.75) is 51.8 Å². The molecule has 1 aromatic rings. The van der Waals surface area contributed by atoms with Crippen LogP contribution in [0, 0.1) is 0 Å². The second-order valence-electron chi connectivity index (χ2n) is 4.00.